The maximum atomic E-state index is 6.62. The molecule has 2 unspecified atom stereocenters. The van der Waals surface area contributed by atoms with Gasteiger partial charge in [0.05, 0.1) is 10.9 Å². The third-order valence-corrected chi connectivity index (χ3v) is 9.86. The van der Waals surface area contributed by atoms with Crippen molar-refractivity contribution in [2.24, 2.45) is 0 Å². The average molecular weight is 506 g/mol. The zero-order chi connectivity index (χ0) is 27.0. The SMILES string of the molecule is CCC1(C)c2ccccc2-c2n(-c3c(C(C)C)cc(C(C)C)c4oc5ccccc5c34)cc[n+]2C1(C)CC. The van der Waals surface area contributed by atoms with Crippen LogP contribution in [0, 0.1) is 0 Å². The maximum absolute atomic E-state index is 6.62. The molecule has 1 aliphatic rings. The fourth-order valence-electron chi connectivity index (χ4n) is 7.13. The van der Waals surface area contributed by atoms with Gasteiger partial charge in [-0.15, -0.1) is 0 Å². The van der Waals surface area contributed by atoms with E-state index in [1.54, 1.807) is 0 Å². The first kappa shape index (κ1) is 25.0. The fraction of sp³-hybridized carbons (Fsp3) is 0.400. The van der Waals surface area contributed by atoms with E-state index in [1.807, 2.05) is 0 Å². The van der Waals surface area contributed by atoms with Crippen molar-refractivity contribution < 1.29 is 8.98 Å². The van der Waals surface area contributed by atoms with Gasteiger partial charge in [0.2, 0.25) is 0 Å². The third kappa shape index (κ3) is 3.11. The highest BCUT2D eigenvalue weighted by atomic mass is 16.3. The molecule has 5 aromatic rings. The van der Waals surface area contributed by atoms with Crippen molar-refractivity contribution in [2.45, 2.75) is 91.0 Å². The van der Waals surface area contributed by atoms with Gasteiger partial charge in [0.1, 0.15) is 34.8 Å². The molecule has 0 fully saturated rings. The molecule has 0 bridgehead atoms. The van der Waals surface area contributed by atoms with Crippen LogP contribution in [0.3, 0.4) is 0 Å². The van der Waals surface area contributed by atoms with E-state index in [-0.39, 0.29) is 11.0 Å². The van der Waals surface area contributed by atoms with E-state index in [1.165, 1.54) is 44.5 Å². The lowest BCUT2D eigenvalue weighted by Gasteiger charge is -2.47. The van der Waals surface area contributed by atoms with Crippen LogP contribution in [-0.2, 0) is 11.0 Å². The van der Waals surface area contributed by atoms with Crippen molar-refractivity contribution in [1.29, 1.82) is 0 Å². The Morgan fingerprint density at radius 1 is 0.868 bits per heavy atom. The van der Waals surface area contributed by atoms with Gasteiger partial charge in [-0.1, -0.05) is 84.9 Å². The topological polar surface area (TPSA) is 21.9 Å². The Morgan fingerprint density at radius 3 is 2.24 bits per heavy atom. The molecule has 0 radical (unpaired) electrons. The number of furan rings is 1. The van der Waals surface area contributed by atoms with Crippen LogP contribution in [0.1, 0.15) is 96.8 Å². The summed E-state index contributed by atoms with van der Waals surface area (Å²) in [6.07, 6.45) is 6.78. The number of hydrogen-bond acceptors (Lipinski definition) is 1. The van der Waals surface area contributed by atoms with Crippen LogP contribution in [0.5, 0.6) is 0 Å². The van der Waals surface area contributed by atoms with Gasteiger partial charge in [0.25, 0.3) is 5.82 Å². The van der Waals surface area contributed by atoms with Crippen LogP contribution in [0.4, 0.5) is 0 Å². The molecule has 3 heteroatoms. The van der Waals surface area contributed by atoms with E-state index in [0.29, 0.717) is 11.8 Å². The number of para-hydroxylation sites is 1. The molecule has 0 saturated heterocycles. The molecule has 3 aromatic carbocycles. The lowest BCUT2D eigenvalue weighted by atomic mass is 9.61. The van der Waals surface area contributed by atoms with Crippen molar-refractivity contribution in [3.8, 4) is 17.1 Å². The Balaban J connectivity index is 1.80. The molecule has 1 aliphatic heterocycles. The van der Waals surface area contributed by atoms with E-state index in [9.17, 15) is 0 Å². The summed E-state index contributed by atoms with van der Waals surface area (Å²) >= 11 is 0. The number of nitrogens with zero attached hydrogens (tertiary/aromatic N) is 2. The molecule has 3 nitrogen and oxygen atoms in total. The predicted molar refractivity (Wildman–Crippen MR) is 158 cm³/mol. The lowest BCUT2D eigenvalue weighted by Crippen LogP contribution is -2.67. The first-order valence-electron chi connectivity index (χ1n) is 14.4. The minimum absolute atomic E-state index is 0.0300. The van der Waals surface area contributed by atoms with Gasteiger partial charge >= 0.3 is 0 Å². The smallest absolute Gasteiger partial charge is 0.294 e. The summed E-state index contributed by atoms with van der Waals surface area (Å²) < 4.78 is 11.7. The Hall–Kier alpha value is -3.33. The first-order valence-corrected chi connectivity index (χ1v) is 14.4. The Kier molecular flexibility index (Phi) is 5.65. The summed E-state index contributed by atoms with van der Waals surface area (Å²) in [5, 5.41) is 2.42. The van der Waals surface area contributed by atoms with E-state index in [2.05, 4.69) is 132 Å². The number of fused-ring (bicyclic) bond motifs is 6. The highest BCUT2D eigenvalue weighted by molar-refractivity contribution is 6.11. The van der Waals surface area contributed by atoms with E-state index in [0.717, 1.165) is 24.0 Å². The van der Waals surface area contributed by atoms with E-state index in [4.69, 9.17) is 4.42 Å². The van der Waals surface area contributed by atoms with Crippen LogP contribution in [0.25, 0.3) is 39.0 Å². The van der Waals surface area contributed by atoms with Crippen molar-refractivity contribution in [3.63, 3.8) is 0 Å². The summed E-state index contributed by atoms with van der Waals surface area (Å²) in [5.74, 6) is 1.99. The van der Waals surface area contributed by atoms with Crippen molar-refractivity contribution >= 4 is 21.9 Å². The Bertz CT molecular complexity index is 1680. The molecule has 0 amide bonds. The summed E-state index contributed by atoms with van der Waals surface area (Å²) in [5.41, 5.74) is 8.65. The molecule has 0 N–H and O–H groups in total. The number of hydrogen-bond donors (Lipinski definition) is 0. The maximum Gasteiger partial charge on any atom is 0.294 e. The Morgan fingerprint density at radius 2 is 1.55 bits per heavy atom. The predicted octanol–water partition coefficient (Wildman–Crippen LogP) is 9.38. The molecule has 0 aliphatic carbocycles. The summed E-state index contributed by atoms with van der Waals surface area (Å²) in [6.45, 7) is 18.8. The standard InChI is InChI=1S/C35H41N2O/c1-9-34(7)28-17-13-11-15-24(28)33-36(19-20-37(33)35(34,8)10-2)31-26(22(3)4)21-27(23(5)6)32-30(31)25-16-12-14-18-29(25)38-32/h11-23H,9-10H2,1-8H3/q+1. The molecule has 38 heavy (non-hydrogen) atoms. The second-order valence-electron chi connectivity index (χ2n) is 12.2. The number of rotatable bonds is 5. The Labute approximate surface area is 227 Å². The van der Waals surface area contributed by atoms with Crippen LogP contribution >= 0.6 is 0 Å². The highest BCUT2D eigenvalue weighted by Gasteiger charge is 2.55. The molecule has 0 spiro atoms. The number of aromatic nitrogens is 2. The normalized spacial score (nSPS) is 21.0. The first-order chi connectivity index (χ1) is 18.2. The van der Waals surface area contributed by atoms with Crippen LogP contribution in [0.2, 0.25) is 0 Å². The molecule has 2 aromatic heterocycles. The number of imidazole rings is 1. The molecule has 3 heterocycles. The van der Waals surface area contributed by atoms with Gasteiger partial charge in [-0.05, 0) is 60.9 Å². The monoisotopic (exact) mass is 505 g/mol. The van der Waals surface area contributed by atoms with Gasteiger partial charge in [0, 0.05) is 16.4 Å². The van der Waals surface area contributed by atoms with Gasteiger partial charge in [-0.25, -0.2) is 4.57 Å². The molecule has 6 rings (SSSR count). The molecule has 0 saturated carbocycles. The molecular weight excluding hydrogens is 464 g/mol. The van der Waals surface area contributed by atoms with Crippen LogP contribution < -0.4 is 4.57 Å². The summed E-state index contributed by atoms with van der Waals surface area (Å²) in [7, 11) is 0. The third-order valence-electron chi connectivity index (χ3n) is 9.86. The molecular formula is C35H41N2O+. The van der Waals surface area contributed by atoms with Crippen molar-refractivity contribution in [3.05, 3.63) is 83.7 Å². The zero-order valence-corrected chi connectivity index (χ0v) is 24.2. The zero-order valence-electron chi connectivity index (χ0n) is 24.2. The summed E-state index contributed by atoms with van der Waals surface area (Å²) in [4.78, 5) is 0. The largest absolute Gasteiger partial charge is 0.456 e. The average Bonchev–Trinajstić information content (AvgIpc) is 3.53. The molecule has 196 valence electrons. The van der Waals surface area contributed by atoms with Crippen molar-refractivity contribution in [1.82, 2.24) is 4.57 Å². The quantitative estimate of drug-likeness (QED) is 0.218. The van der Waals surface area contributed by atoms with E-state index >= 15 is 0 Å². The van der Waals surface area contributed by atoms with Gasteiger partial charge in [-0.3, -0.25) is 0 Å². The highest BCUT2D eigenvalue weighted by Crippen LogP contribution is 2.51. The van der Waals surface area contributed by atoms with Crippen LogP contribution in [0.15, 0.2) is 71.4 Å². The van der Waals surface area contributed by atoms with Gasteiger partial charge in [-0.2, -0.15) is 4.57 Å². The number of benzene rings is 3. The second kappa shape index (κ2) is 8.59. The lowest BCUT2D eigenvalue weighted by molar-refractivity contribution is -0.764. The van der Waals surface area contributed by atoms with Crippen LogP contribution in [-0.4, -0.2) is 4.57 Å². The minimum atomic E-state index is -0.0515. The van der Waals surface area contributed by atoms with Crippen molar-refractivity contribution in [2.75, 3.05) is 0 Å². The summed E-state index contributed by atoms with van der Waals surface area (Å²) in [6, 6.07) is 20.0. The molecule has 2 atom stereocenters. The van der Waals surface area contributed by atoms with Gasteiger partial charge < -0.3 is 4.42 Å². The van der Waals surface area contributed by atoms with Gasteiger partial charge in [0.15, 0.2) is 0 Å². The second-order valence-corrected chi connectivity index (χ2v) is 12.2. The minimum Gasteiger partial charge on any atom is -0.456 e. The van der Waals surface area contributed by atoms with E-state index < -0.39 is 0 Å². The fourth-order valence-corrected chi connectivity index (χ4v) is 7.13.